The van der Waals surface area contributed by atoms with Gasteiger partial charge in [0.15, 0.2) is 6.10 Å². The number of carbonyl (C=O) groups is 3. The molecule has 0 fully saturated rings. The Labute approximate surface area is 424 Å². The van der Waals surface area contributed by atoms with Crippen LogP contribution in [-0.4, -0.2) is 37.2 Å². The van der Waals surface area contributed by atoms with E-state index in [1.807, 2.05) is 12.2 Å². The molecule has 0 amide bonds. The highest BCUT2D eigenvalue weighted by molar-refractivity contribution is 5.71. The van der Waals surface area contributed by atoms with Gasteiger partial charge in [0.25, 0.3) is 0 Å². The molecule has 390 valence electrons. The van der Waals surface area contributed by atoms with Crippen molar-refractivity contribution >= 4 is 17.9 Å². The van der Waals surface area contributed by atoms with Gasteiger partial charge in [-0.2, -0.15) is 0 Å². The first-order chi connectivity index (χ1) is 34.0. The molecule has 0 aliphatic heterocycles. The normalized spacial score (nSPS) is 13.0. The van der Waals surface area contributed by atoms with Crippen LogP contribution in [0.2, 0.25) is 0 Å². The summed E-state index contributed by atoms with van der Waals surface area (Å²) >= 11 is 0. The van der Waals surface area contributed by atoms with Crippen LogP contribution in [0.5, 0.6) is 0 Å². The van der Waals surface area contributed by atoms with Gasteiger partial charge in [-0.1, -0.05) is 232 Å². The Morgan fingerprint density at radius 1 is 0.319 bits per heavy atom. The Morgan fingerprint density at radius 3 is 1.03 bits per heavy atom. The Morgan fingerprint density at radius 2 is 0.638 bits per heavy atom. The fourth-order valence-corrected chi connectivity index (χ4v) is 7.27. The van der Waals surface area contributed by atoms with Crippen molar-refractivity contribution in [3.63, 3.8) is 0 Å². The number of hydrogen-bond donors (Lipinski definition) is 0. The number of ether oxygens (including phenoxy) is 3. The lowest BCUT2D eigenvalue weighted by Gasteiger charge is -2.18. The Balaban J connectivity index is 4.60. The van der Waals surface area contributed by atoms with Crippen LogP contribution in [0.15, 0.2) is 122 Å². The molecule has 0 saturated heterocycles. The van der Waals surface area contributed by atoms with Crippen molar-refractivity contribution in [2.24, 2.45) is 0 Å². The Bertz CT molecular complexity index is 1470. The average molecular weight is 956 g/mol. The first kappa shape index (κ1) is 64.8. The zero-order valence-electron chi connectivity index (χ0n) is 44.5. The summed E-state index contributed by atoms with van der Waals surface area (Å²) in [4.78, 5) is 38.1. The van der Waals surface area contributed by atoms with Crippen LogP contribution >= 0.6 is 0 Å². The van der Waals surface area contributed by atoms with E-state index >= 15 is 0 Å². The van der Waals surface area contributed by atoms with Crippen molar-refractivity contribution in [3.05, 3.63) is 122 Å². The molecular formula is C63H102O6. The molecule has 0 aromatic carbocycles. The van der Waals surface area contributed by atoms with Crippen LogP contribution < -0.4 is 0 Å². The van der Waals surface area contributed by atoms with Gasteiger partial charge in [-0.15, -0.1) is 0 Å². The summed E-state index contributed by atoms with van der Waals surface area (Å²) in [6.07, 6.45) is 77.7. The molecule has 0 bridgehead atoms. The summed E-state index contributed by atoms with van der Waals surface area (Å²) < 4.78 is 16.7. The largest absolute Gasteiger partial charge is 0.462 e. The minimum absolute atomic E-state index is 0.129. The Kier molecular flexibility index (Phi) is 53.0. The number of carbonyl (C=O) groups excluding carboxylic acids is 3. The van der Waals surface area contributed by atoms with Gasteiger partial charge in [0.05, 0.1) is 0 Å². The fourth-order valence-electron chi connectivity index (χ4n) is 7.27. The minimum Gasteiger partial charge on any atom is -0.462 e. The molecule has 0 aromatic heterocycles. The van der Waals surface area contributed by atoms with E-state index in [0.29, 0.717) is 19.3 Å². The van der Waals surface area contributed by atoms with Crippen LogP contribution in [0.1, 0.15) is 239 Å². The van der Waals surface area contributed by atoms with Crippen molar-refractivity contribution in [1.29, 1.82) is 0 Å². The third-order valence-corrected chi connectivity index (χ3v) is 11.5. The van der Waals surface area contributed by atoms with Crippen LogP contribution in [0.4, 0.5) is 0 Å². The maximum Gasteiger partial charge on any atom is 0.306 e. The third kappa shape index (κ3) is 54.6. The molecule has 0 aliphatic rings. The topological polar surface area (TPSA) is 78.9 Å². The van der Waals surface area contributed by atoms with Crippen molar-refractivity contribution in [2.45, 2.75) is 245 Å². The number of esters is 3. The van der Waals surface area contributed by atoms with Crippen LogP contribution in [0.3, 0.4) is 0 Å². The maximum atomic E-state index is 12.8. The molecule has 6 nitrogen and oxygen atoms in total. The van der Waals surface area contributed by atoms with Gasteiger partial charge in [0.1, 0.15) is 13.2 Å². The predicted octanol–water partition coefficient (Wildman–Crippen LogP) is 18.9. The lowest BCUT2D eigenvalue weighted by Crippen LogP contribution is -2.30. The van der Waals surface area contributed by atoms with E-state index in [4.69, 9.17) is 14.2 Å². The molecule has 1 atom stereocenters. The fraction of sp³-hybridized carbons (Fsp3) is 0.635. The zero-order valence-corrected chi connectivity index (χ0v) is 44.5. The van der Waals surface area contributed by atoms with E-state index in [9.17, 15) is 14.4 Å². The number of hydrogen-bond acceptors (Lipinski definition) is 6. The quantitative estimate of drug-likeness (QED) is 0.0199. The van der Waals surface area contributed by atoms with Crippen LogP contribution in [0, 0.1) is 0 Å². The molecule has 0 aromatic rings. The van der Waals surface area contributed by atoms with E-state index < -0.39 is 6.10 Å². The highest BCUT2D eigenvalue weighted by Gasteiger charge is 2.19. The second-order valence-electron chi connectivity index (χ2n) is 18.2. The molecule has 69 heavy (non-hydrogen) atoms. The monoisotopic (exact) mass is 955 g/mol. The van der Waals surface area contributed by atoms with Crippen molar-refractivity contribution < 1.29 is 28.6 Å². The molecule has 0 radical (unpaired) electrons. The standard InChI is InChI=1S/C63H102O6/c1-4-7-10-13-16-19-22-25-28-31-32-33-36-38-41-44-47-50-53-56-62(65)68-59-60(69-63(66)57-54-51-48-45-42-39-35-30-27-24-21-18-15-12-9-6-3)58-67-61(64)55-52-49-46-43-40-37-34-29-26-23-20-17-14-11-8-5-2/h7,10,16,19,25,28-30,32-35,37-42,47,50,60H,4-6,8-9,11-15,17-18,20-24,26-27,31,36,43-46,48-49,51-59H2,1-3H3/b10-7-,19-16-,28-25-,33-32-,34-29-,35-30-,40-37-,41-38-,42-39-,50-47-. The highest BCUT2D eigenvalue weighted by atomic mass is 16.6. The van der Waals surface area contributed by atoms with Crippen LogP contribution in [0.25, 0.3) is 0 Å². The van der Waals surface area contributed by atoms with E-state index in [1.54, 1.807) is 0 Å². The molecule has 0 saturated carbocycles. The Hall–Kier alpha value is -4.19. The number of rotatable bonds is 49. The summed E-state index contributed by atoms with van der Waals surface area (Å²) in [6.45, 7) is 6.40. The minimum atomic E-state index is -0.837. The summed E-state index contributed by atoms with van der Waals surface area (Å²) in [5.41, 5.74) is 0. The number of unbranched alkanes of at least 4 members (excludes halogenated alkanes) is 20. The van der Waals surface area contributed by atoms with Gasteiger partial charge >= 0.3 is 17.9 Å². The lowest BCUT2D eigenvalue weighted by atomic mass is 10.1. The molecule has 6 heteroatoms. The molecule has 0 rings (SSSR count). The van der Waals surface area contributed by atoms with Crippen molar-refractivity contribution in [2.75, 3.05) is 13.2 Å². The second-order valence-corrected chi connectivity index (χ2v) is 18.2. The van der Waals surface area contributed by atoms with Crippen molar-refractivity contribution in [3.8, 4) is 0 Å². The van der Waals surface area contributed by atoms with Gasteiger partial charge in [-0.05, 0) is 109 Å². The lowest BCUT2D eigenvalue weighted by molar-refractivity contribution is -0.166. The smallest absolute Gasteiger partial charge is 0.306 e. The first-order valence-corrected chi connectivity index (χ1v) is 28.1. The maximum absolute atomic E-state index is 12.8. The average Bonchev–Trinajstić information content (AvgIpc) is 3.35. The molecule has 0 aliphatic carbocycles. The molecular weight excluding hydrogens is 853 g/mol. The van der Waals surface area contributed by atoms with Crippen LogP contribution in [-0.2, 0) is 28.6 Å². The van der Waals surface area contributed by atoms with Gasteiger partial charge in [0, 0.05) is 19.3 Å². The zero-order chi connectivity index (χ0) is 50.0. The number of allylic oxidation sites excluding steroid dienone is 20. The molecule has 0 heterocycles. The summed E-state index contributed by atoms with van der Waals surface area (Å²) in [7, 11) is 0. The summed E-state index contributed by atoms with van der Waals surface area (Å²) in [5.74, 6) is -1.07. The summed E-state index contributed by atoms with van der Waals surface area (Å²) in [6, 6.07) is 0. The molecule has 0 N–H and O–H groups in total. The van der Waals surface area contributed by atoms with Crippen molar-refractivity contribution in [1.82, 2.24) is 0 Å². The van der Waals surface area contributed by atoms with E-state index in [-0.39, 0.29) is 44.0 Å². The highest BCUT2D eigenvalue weighted by Crippen LogP contribution is 2.12. The molecule has 0 spiro atoms. The first-order valence-electron chi connectivity index (χ1n) is 28.1. The summed E-state index contributed by atoms with van der Waals surface area (Å²) in [5, 5.41) is 0. The van der Waals surface area contributed by atoms with Gasteiger partial charge in [-0.3, -0.25) is 14.4 Å². The van der Waals surface area contributed by atoms with Gasteiger partial charge in [-0.25, -0.2) is 0 Å². The van der Waals surface area contributed by atoms with E-state index in [1.165, 1.54) is 89.9 Å². The second kappa shape index (κ2) is 56.4. The SMILES string of the molecule is CC/C=C\C/C=C\C/C=C\C/C=C\C/C=C\C/C=C\CCC(=O)OCC(COC(=O)CCCCC/C=C\C=C/CCCCCCCCC)OC(=O)CCCCC/C=C\C=C/CCCCCCCCC. The van der Waals surface area contributed by atoms with Gasteiger partial charge < -0.3 is 14.2 Å². The third-order valence-electron chi connectivity index (χ3n) is 11.5. The molecule has 1 unspecified atom stereocenters. The predicted molar refractivity (Wildman–Crippen MR) is 297 cm³/mol. The van der Waals surface area contributed by atoms with E-state index in [0.717, 1.165) is 96.3 Å². The van der Waals surface area contributed by atoms with Gasteiger partial charge in [0.2, 0.25) is 0 Å². The van der Waals surface area contributed by atoms with E-state index in [2.05, 4.69) is 130 Å².